The molecule has 5 rings (SSSR count). The Morgan fingerprint density at radius 2 is 1.73 bits per heavy atom. The van der Waals surface area contributed by atoms with E-state index in [2.05, 4.69) is 31.2 Å². The van der Waals surface area contributed by atoms with E-state index >= 15 is 0 Å². The summed E-state index contributed by atoms with van der Waals surface area (Å²) < 4.78 is 1.88. The normalized spacial score (nSPS) is 16.8. The summed E-state index contributed by atoms with van der Waals surface area (Å²) in [5.41, 5.74) is 5.39. The summed E-state index contributed by atoms with van der Waals surface area (Å²) in [6.07, 6.45) is 7.83. The summed E-state index contributed by atoms with van der Waals surface area (Å²) in [4.78, 5) is 19.4. The number of nitrogens with zero attached hydrogens (tertiary/aromatic N) is 2. The molecule has 2 aromatic carbocycles. The van der Waals surface area contributed by atoms with Crippen LogP contribution in [-0.4, -0.2) is 15.3 Å². The minimum absolute atomic E-state index is 0.0729. The standard InChI is InChI=1S/C26H28N2OS/c1-2-17-30-25-27-23-21-14-8-7-11-19(21)18-26(15-9-4-10-16-26)22(23)24(29)28(25)20-12-5-3-6-13-20/h3,5-8,11-14H,2,4,9-10,15-18H2,1H3. The number of para-hydroxylation sites is 1. The highest BCUT2D eigenvalue weighted by atomic mass is 32.2. The molecule has 1 spiro atoms. The van der Waals surface area contributed by atoms with Crippen molar-refractivity contribution in [3.63, 3.8) is 0 Å². The topological polar surface area (TPSA) is 34.9 Å². The number of thioether (sulfide) groups is 1. The highest BCUT2D eigenvalue weighted by Crippen LogP contribution is 2.49. The molecule has 4 heteroatoms. The average Bonchev–Trinajstić information content (AvgIpc) is 2.78. The van der Waals surface area contributed by atoms with Crippen molar-refractivity contribution in [1.82, 2.24) is 9.55 Å². The van der Waals surface area contributed by atoms with Crippen LogP contribution in [0.25, 0.3) is 16.9 Å². The molecule has 1 heterocycles. The molecule has 2 aliphatic rings. The monoisotopic (exact) mass is 416 g/mol. The van der Waals surface area contributed by atoms with E-state index in [4.69, 9.17) is 4.98 Å². The molecule has 3 aromatic rings. The highest BCUT2D eigenvalue weighted by molar-refractivity contribution is 7.99. The summed E-state index contributed by atoms with van der Waals surface area (Å²) in [5, 5.41) is 0.814. The van der Waals surface area contributed by atoms with E-state index in [1.54, 1.807) is 11.8 Å². The number of benzene rings is 2. The number of fused-ring (bicyclic) bond motifs is 4. The van der Waals surface area contributed by atoms with Gasteiger partial charge in [-0.1, -0.05) is 80.4 Å². The molecular weight excluding hydrogens is 388 g/mol. The molecule has 0 bridgehead atoms. The van der Waals surface area contributed by atoms with Gasteiger partial charge in [0.15, 0.2) is 5.16 Å². The molecular formula is C26H28N2OS. The smallest absolute Gasteiger partial charge is 0.263 e. The molecule has 154 valence electrons. The van der Waals surface area contributed by atoms with Crippen molar-refractivity contribution in [3.8, 4) is 16.9 Å². The lowest BCUT2D eigenvalue weighted by molar-refractivity contribution is 0.283. The SMILES string of the molecule is CCCSc1nc2c(c(=O)n1-c1ccccc1)C1(CCCCC1)Cc1ccccc1-2. The molecule has 0 aliphatic heterocycles. The second kappa shape index (κ2) is 8.07. The van der Waals surface area contributed by atoms with Crippen LogP contribution in [0.5, 0.6) is 0 Å². The molecule has 1 aromatic heterocycles. The molecule has 0 unspecified atom stereocenters. The lowest BCUT2D eigenvalue weighted by Gasteiger charge is -2.42. The average molecular weight is 417 g/mol. The van der Waals surface area contributed by atoms with Gasteiger partial charge in [-0.05, 0) is 43.4 Å². The van der Waals surface area contributed by atoms with Gasteiger partial charge in [0.05, 0.1) is 16.9 Å². The van der Waals surface area contributed by atoms with E-state index in [0.29, 0.717) is 0 Å². The van der Waals surface area contributed by atoms with E-state index in [1.165, 1.54) is 24.8 Å². The Hall–Kier alpha value is -2.33. The molecule has 1 fully saturated rings. The second-order valence-electron chi connectivity index (χ2n) is 8.62. The van der Waals surface area contributed by atoms with Gasteiger partial charge in [0.1, 0.15) is 0 Å². The van der Waals surface area contributed by atoms with E-state index in [1.807, 2.05) is 34.9 Å². The van der Waals surface area contributed by atoms with Gasteiger partial charge >= 0.3 is 0 Å². The lowest BCUT2D eigenvalue weighted by Crippen LogP contribution is -2.42. The lowest BCUT2D eigenvalue weighted by atomic mass is 9.62. The minimum atomic E-state index is -0.0729. The van der Waals surface area contributed by atoms with E-state index in [-0.39, 0.29) is 11.0 Å². The molecule has 0 amide bonds. The van der Waals surface area contributed by atoms with Crippen LogP contribution in [0.4, 0.5) is 0 Å². The van der Waals surface area contributed by atoms with Crippen LogP contribution in [0.2, 0.25) is 0 Å². The zero-order chi connectivity index (χ0) is 20.6. The van der Waals surface area contributed by atoms with Crippen LogP contribution >= 0.6 is 11.8 Å². The molecule has 0 N–H and O–H groups in total. The van der Waals surface area contributed by atoms with Gasteiger partial charge in [-0.15, -0.1) is 0 Å². The third-order valence-corrected chi connectivity index (χ3v) is 7.79. The molecule has 30 heavy (non-hydrogen) atoms. The Morgan fingerprint density at radius 3 is 2.50 bits per heavy atom. The molecule has 3 nitrogen and oxygen atoms in total. The van der Waals surface area contributed by atoms with Crippen molar-refractivity contribution in [2.24, 2.45) is 0 Å². The maximum Gasteiger partial charge on any atom is 0.263 e. The van der Waals surface area contributed by atoms with Crippen LogP contribution in [0.15, 0.2) is 64.5 Å². The van der Waals surface area contributed by atoms with Gasteiger partial charge in [0.25, 0.3) is 5.56 Å². The van der Waals surface area contributed by atoms with Crippen molar-refractivity contribution in [3.05, 3.63) is 76.1 Å². The molecule has 2 aliphatic carbocycles. The zero-order valence-electron chi connectivity index (χ0n) is 17.6. The summed E-state index contributed by atoms with van der Waals surface area (Å²) in [6, 6.07) is 18.6. The maximum atomic E-state index is 14.2. The summed E-state index contributed by atoms with van der Waals surface area (Å²) in [7, 11) is 0. The van der Waals surface area contributed by atoms with Gasteiger partial charge in [-0.2, -0.15) is 0 Å². The highest BCUT2D eigenvalue weighted by Gasteiger charge is 2.43. The van der Waals surface area contributed by atoms with Crippen molar-refractivity contribution >= 4 is 11.8 Å². The molecule has 0 radical (unpaired) electrons. The Morgan fingerprint density at radius 1 is 1.00 bits per heavy atom. The van der Waals surface area contributed by atoms with Gasteiger partial charge in [-0.25, -0.2) is 4.98 Å². The fourth-order valence-corrected chi connectivity index (χ4v) is 6.14. The fourth-order valence-electron chi connectivity index (χ4n) is 5.28. The first-order chi connectivity index (χ1) is 14.7. The first-order valence-corrected chi connectivity index (χ1v) is 12.2. The van der Waals surface area contributed by atoms with Crippen molar-refractivity contribution in [1.29, 1.82) is 0 Å². The first-order valence-electron chi connectivity index (χ1n) is 11.2. The summed E-state index contributed by atoms with van der Waals surface area (Å²) in [6.45, 7) is 2.17. The fraction of sp³-hybridized carbons (Fsp3) is 0.385. The van der Waals surface area contributed by atoms with Crippen molar-refractivity contribution < 1.29 is 0 Å². The van der Waals surface area contributed by atoms with Crippen molar-refractivity contribution in [2.45, 2.75) is 62.4 Å². The van der Waals surface area contributed by atoms with Gasteiger partial charge in [0.2, 0.25) is 0 Å². The van der Waals surface area contributed by atoms with Gasteiger partial charge < -0.3 is 0 Å². The van der Waals surface area contributed by atoms with Crippen LogP contribution in [0.1, 0.15) is 56.6 Å². The van der Waals surface area contributed by atoms with Crippen LogP contribution in [-0.2, 0) is 11.8 Å². The Balaban J connectivity index is 1.82. The number of hydrogen-bond acceptors (Lipinski definition) is 3. The summed E-state index contributed by atoms with van der Waals surface area (Å²) in [5.74, 6) is 0.949. The van der Waals surface area contributed by atoms with Crippen LogP contribution in [0.3, 0.4) is 0 Å². The largest absolute Gasteiger partial charge is 0.268 e. The zero-order valence-corrected chi connectivity index (χ0v) is 18.4. The maximum absolute atomic E-state index is 14.2. The minimum Gasteiger partial charge on any atom is -0.268 e. The van der Waals surface area contributed by atoms with E-state index in [9.17, 15) is 4.79 Å². The first kappa shape index (κ1) is 19.6. The predicted octanol–water partition coefficient (Wildman–Crippen LogP) is 6.16. The number of hydrogen-bond donors (Lipinski definition) is 0. The Bertz CT molecular complexity index is 1110. The van der Waals surface area contributed by atoms with Crippen LogP contribution in [0, 0.1) is 0 Å². The summed E-state index contributed by atoms with van der Waals surface area (Å²) >= 11 is 1.69. The van der Waals surface area contributed by atoms with Gasteiger partial charge in [-0.3, -0.25) is 9.36 Å². The molecule has 0 atom stereocenters. The number of rotatable bonds is 4. The Kier molecular flexibility index (Phi) is 5.28. The van der Waals surface area contributed by atoms with E-state index in [0.717, 1.165) is 59.1 Å². The van der Waals surface area contributed by atoms with Crippen LogP contribution < -0.4 is 5.56 Å². The number of aromatic nitrogens is 2. The second-order valence-corrected chi connectivity index (χ2v) is 9.68. The van der Waals surface area contributed by atoms with Gasteiger partial charge in [0, 0.05) is 16.7 Å². The quantitative estimate of drug-likeness (QED) is 0.377. The Labute approximate surface area is 182 Å². The molecule has 0 saturated heterocycles. The van der Waals surface area contributed by atoms with E-state index < -0.39 is 0 Å². The predicted molar refractivity (Wildman–Crippen MR) is 125 cm³/mol. The van der Waals surface area contributed by atoms with Crippen molar-refractivity contribution in [2.75, 3.05) is 5.75 Å². The third kappa shape index (κ3) is 3.22. The third-order valence-electron chi connectivity index (χ3n) is 6.64. The molecule has 1 saturated carbocycles.